The molecule has 2 fully saturated rings. The van der Waals surface area contributed by atoms with Gasteiger partial charge in [-0.05, 0) is 68.1 Å². The Morgan fingerprint density at radius 3 is 2.58 bits per heavy atom. The van der Waals surface area contributed by atoms with Crippen LogP contribution in [-0.2, 0) is 6.61 Å². The van der Waals surface area contributed by atoms with E-state index in [1.807, 2.05) is 64.2 Å². The second-order valence-corrected chi connectivity index (χ2v) is 8.06. The minimum absolute atomic E-state index is 0. The zero-order valence-electron chi connectivity index (χ0n) is 17.3. The summed E-state index contributed by atoms with van der Waals surface area (Å²) in [5.41, 5.74) is 2.46. The number of hydrogen-bond donors (Lipinski definition) is 1. The fourth-order valence-corrected chi connectivity index (χ4v) is 4.54. The van der Waals surface area contributed by atoms with E-state index >= 15 is 0 Å². The predicted octanol–water partition coefficient (Wildman–Crippen LogP) is 3.83. The first-order valence-corrected chi connectivity index (χ1v) is 10.4. The van der Waals surface area contributed by atoms with E-state index in [0.29, 0.717) is 29.8 Å². The van der Waals surface area contributed by atoms with Crippen molar-refractivity contribution < 1.29 is 9.53 Å². The molecule has 4 heterocycles. The highest BCUT2D eigenvalue weighted by molar-refractivity contribution is 5.94. The van der Waals surface area contributed by atoms with Gasteiger partial charge in [-0.3, -0.25) is 4.79 Å². The van der Waals surface area contributed by atoms with E-state index in [9.17, 15) is 4.79 Å². The van der Waals surface area contributed by atoms with Crippen molar-refractivity contribution in [1.82, 2.24) is 19.6 Å². The van der Waals surface area contributed by atoms with E-state index in [4.69, 9.17) is 4.74 Å². The maximum absolute atomic E-state index is 13.1. The van der Waals surface area contributed by atoms with Crippen molar-refractivity contribution in [2.24, 2.45) is 11.8 Å². The van der Waals surface area contributed by atoms with Gasteiger partial charge in [-0.2, -0.15) is 0 Å². The van der Waals surface area contributed by atoms with Gasteiger partial charge in [0.1, 0.15) is 18.0 Å². The molecule has 6 nitrogen and oxygen atoms in total. The van der Waals surface area contributed by atoms with Crippen molar-refractivity contribution >= 4 is 36.4 Å². The maximum Gasteiger partial charge on any atom is 0.253 e. The summed E-state index contributed by atoms with van der Waals surface area (Å²) in [4.78, 5) is 19.6. The normalized spacial score (nSPS) is 20.3. The maximum atomic E-state index is 13.1. The van der Waals surface area contributed by atoms with Gasteiger partial charge in [0, 0.05) is 31.0 Å². The summed E-state index contributed by atoms with van der Waals surface area (Å²) in [6.45, 7) is 4.25. The highest BCUT2D eigenvalue weighted by Crippen LogP contribution is 2.28. The van der Waals surface area contributed by atoms with Crippen LogP contribution in [0, 0.1) is 11.8 Å². The van der Waals surface area contributed by atoms with Crippen molar-refractivity contribution in [3.63, 3.8) is 0 Å². The predicted molar refractivity (Wildman–Crippen MR) is 125 cm³/mol. The highest BCUT2D eigenvalue weighted by Gasteiger charge is 2.31. The fraction of sp³-hybridized carbons (Fsp3) is 0.391. The molecule has 0 bridgehead atoms. The number of pyridine rings is 1. The van der Waals surface area contributed by atoms with E-state index in [-0.39, 0.29) is 30.7 Å². The average molecular weight is 463 g/mol. The monoisotopic (exact) mass is 462 g/mol. The molecule has 1 aromatic carbocycles. The highest BCUT2D eigenvalue weighted by atomic mass is 35.5. The van der Waals surface area contributed by atoms with Gasteiger partial charge in [0.25, 0.3) is 5.91 Å². The average Bonchev–Trinajstić information content (AvgIpc) is 3.33. The van der Waals surface area contributed by atoms with Crippen molar-refractivity contribution in [1.29, 1.82) is 0 Å². The largest absolute Gasteiger partial charge is 0.487 e. The van der Waals surface area contributed by atoms with E-state index in [1.54, 1.807) is 0 Å². The summed E-state index contributed by atoms with van der Waals surface area (Å²) in [6.07, 6.45) is 6.12. The summed E-state index contributed by atoms with van der Waals surface area (Å²) >= 11 is 0. The number of aromatic nitrogens is 2. The molecule has 2 aromatic heterocycles. The van der Waals surface area contributed by atoms with Crippen molar-refractivity contribution in [2.45, 2.75) is 19.4 Å². The molecule has 2 aliphatic heterocycles. The molecule has 31 heavy (non-hydrogen) atoms. The number of halogens is 2. The Morgan fingerprint density at radius 2 is 1.84 bits per heavy atom. The first kappa shape index (κ1) is 23.4. The number of nitrogens with one attached hydrogen (secondary N) is 1. The summed E-state index contributed by atoms with van der Waals surface area (Å²) in [5, 5.41) is 3.48. The van der Waals surface area contributed by atoms with Crippen LogP contribution >= 0.6 is 24.8 Å². The van der Waals surface area contributed by atoms with Crippen LogP contribution in [0.5, 0.6) is 5.75 Å². The van der Waals surface area contributed by atoms with E-state index in [2.05, 4.69) is 10.3 Å². The lowest BCUT2D eigenvalue weighted by molar-refractivity contribution is 0.0758. The molecule has 0 aliphatic carbocycles. The van der Waals surface area contributed by atoms with Gasteiger partial charge in [-0.1, -0.05) is 12.1 Å². The Kier molecular flexibility index (Phi) is 7.81. The van der Waals surface area contributed by atoms with Gasteiger partial charge in [0.15, 0.2) is 0 Å². The molecule has 0 radical (unpaired) electrons. The molecular weight excluding hydrogens is 435 g/mol. The molecule has 1 amide bonds. The number of amides is 1. The molecule has 3 aromatic rings. The smallest absolute Gasteiger partial charge is 0.253 e. The number of fused-ring (bicyclic) bond motifs is 2. The van der Waals surface area contributed by atoms with E-state index in [1.165, 1.54) is 0 Å². The minimum Gasteiger partial charge on any atom is -0.487 e. The van der Waals surface area contributed by atoms with Crippen LogP contribution < -0.4 is 10.1 Å². The third-order valence-corrected chi connectivity index (χ3v) is 6.19. The van der Waals surface area contributed by atoms with Gasteiger partial charge >= 0.3 is 0 Å². The quantitative estimate of drug-likeness (QED) is 0.639. The number of benzene rings is 1. The molecule has 0 saturated carbocycles. The Balaban J connectivity index is 0.00000136. The van der Waals surface area contributed by atoms with Crippen LogP contribution in [0.25, 0.3) is 5.65 Å². The number of nitrogens with zero attached hydrogens (tertiary/aromatic N) is 3. The van der Waals surface area contributed by atoms with Crippen LogP contribution in [0.1, 0.15) is 28.9 Å². The van der Waals surface area contributed by atoms with Gasteiger partial charge in [-0.15, -0.1) is 24.8 Å². The van der Waals surface area contributed by atoms with Crippen LogP contribution in [0.3, 0.4) is 0 Å². The lowest BCUT2D eigenvalue weighted by Crippen LogP contribution is -2.32. The summed E-state index contributed by atoms with van der Waals surface area (Å²) in [6, 6.07) is 13.4. The van der Waals surface area contributed by atoms with Crippen LogP contribution in [0.4, 0.5) is 0 Å². The summed E-state index contributed by atoms with van der Waals surface area (Å²) in [5.74, 6) is 2.24. The number of carbonyl (C=O) groups excluding carboxylic acids is 1. The van der Waals surface area contributed by atoms with Gasteiger partial charge in [-0.25, -0.2) is 4.98 Å². The van der Waals surface area contributed by atoms with Gasteiger partial charge in [0.2, 0.25) is 0 Å². The minimum atomic E-state index is 0. The zero-order valence-corrected chi connectivity index (χ0v) is 18.9. The molecule has 2 atom stereocenters. The molecule has 1 N–H and O–H groups in total. The van der Waals surface area contributed by atoms with Crippen molar-refractivity contribution in [3.05, 3.63) is 66.1 Å². The second kappa shape index (κ2) is 10.4. The molecular formula is C23H28Cl2N4O2. The topological polar surface area (TPSA) is 58.9 Å². The fourth-order valence-electron chi connectivity index (χ4n) is 4.54. The van der Waals surface area contributed by atoms with E-state index < -0.39 is 0 Å². The van der Waals surface area contributed by atoms with Crippen LogP contribution in [-0.4, -0.2) is 46.4 Å². The molecule has 166 valence electrons. The third kappa shape index (κ3) is 5.14. The number of imidazole rings is 1. The Bertz CT molecular complexity index is 978. The standard InChI is InChI=1S/C23H26N4O2.2ClH/c28-23(26-10-7-18-13-24-14-19(18)8-11-26)17-4-3-5-21(12-17)29-16-20-15-27-9-2-1-6-22(27)25-20;;/h1-6,9,12,15,18-19,24H,7-8,10-11,13-14,16H2;2*1H/t18-,19+;;. The lowest BCUT2D eigenvalue weighted by Gasteiger charge is -2.21. The van der Waals surface area contributed by atoms with Crippen molar-refractivity contribution in [3.8, 4) is 5.75 Å². The molecule has 0 spiro atoms. The number of likely N-dealkylation sites (tertiary alicyclic amines) is 1. The first-order valence-electron chi connectivity index (χ1n) is 10.4. The molecule has 8 heteroatoms. The Morgan fingerprint density at radius 1 is 1.06 bits per heavy atom. The van der Waals surface area contributed by atoms with E-state index in [0.717, 1.165) is 50.4 Å². The molecule has 2 aliphatic rings. The molecule has 0 unspecified atom stereocenters. The number of rotatable bonds is 4. The Labute approximate surface area is 194 Å². The summed E-state index contributed by atoms with van der Waals surface area (Å²) in [7, 11) is 0. The Hall–Kier alpha value is -2.28. The van der Waals surface area contributed by atoms with Crippen molar-refractivity contribution in [2.75, 3.05) is 26.2 Å². The second-order valence-electron chi connectivity index (χ2n) is 8.06. The number of carbonyl (C=O) groups is 1. The SMILES string of the molecule is Cl.Cl.O=C(c1cccc(OCc2cn3ccccc3n2)c1)N1CC[C@@H]2CNC[C@@H]2CC1. The lowest BCUT2D eigenvalue weighted by atomic mass is 9.92. The van der Waals surface area contributed by atoms with Crippen LogP contribution in [0.15, 0.2) is 54.9 Å². The summed E-state index contributed by atoms with van der Waals surface area (Å²) < 4.78 is 7.91. The van der Waals surface area contributed by atoms with Crippen LogP contribution in [0.2, 0.25) is 0 Å². The third-order valence-electron chi connectivity index (χ3n) is 6.19. The first-order chi connectivity index (χ1) is 14.3. The number of hydrogen-bond acceptors (Lipinski definition) is 4. The zero-order chi connectivity index (χ0) is 19.6. The van der Waals surface area contributed by atoms with Gasteiger partial charge in [0.05, 0.1) is 5.69 Å². The number of ether oxygens (including phenoxy) is 1. The molecule has 5 rings (SSSR count). The molecule has 2 saturated heterocycles. The van der Waals surface area contributed by atoms with Gasteiger partial charge < -0.3 is 19.4 Å².